The molecule has 0 unspecified atom stereocenters. The molecule has 0 atom stereocenters. The number of aryl methyl sites for hydroxylation is 1. The maximum Gasteiger partial charge on any atom is 0.131 e. The van der Waals surface area contributed by atoms with Crippen molar-refractivity contribution in [3.8, 4) is 11.3 Å². The number of benzene rings is 3. The van der Waals surface area contributed by atoms with Crippen LogP contribution in [0.4, 0.5) is 15.8 Å². The van der Waals surface area contributed by atoms with E-state index in [0.29, 0.717) is 5.39 Å². The molecule has 1 aliphatic heterocycles. The lowest BCUT2D eigenvalue weighted by Gasteiger charge is -2.25. The lowest BCUT2D eigenvalue weighted by atomic mass is 10.0. The Balaban J connectivity index is 1.59. The Hall–Kier alpha value is -3.31. The molecule has 0 amide bonds. The molecule has 150 valence electrons. The van der Waals surface area contributed by atoms with Gasteiger partial charge in [-0.05, 0) is 73.5 Å². The van der Waals surface area contributed by atoms with Crippen LogP contribution in [0.3, 0.4) is 0 Å². The second-order valence-corrected chi connectivity index (χ2v) is 7.94. The fourth-order valence-electron chi connectivity index (χ4n) is 4.12. The zero-order valence-electron chi connectivity index (χ0n) is 17.1. The van der Waals surface area contributed by atoms with E-state index in [2.05, 4.69) is 51.3 Å². The Morgan fingerprint density at radius 3 is 2.63 bits per heavy atom. The molecule has 0 aliphatic carbocycles. The Kier molecular flexibility index (Phi) is 4.68. The average molecular weight is 398 g/mol. The second-order valence-electron chi connectivity index (χ2n) is 7.94. The van der Waals surface area contributed by atoms with Crippen LogP contribution in [0.15, 0.2) is 66.7 Å². The number of fused-ring (bicyclic) bond motifs is 2. The predicted octanol–water partition coefficient (Wildman–Crippen LogP) is 5.33. The van der Waals surface area contributed by atoms with E-state index in [1.165, 1.54) is 17.3 Å². The number of aromatic nitrogens is 2. The number of rotatable bonds is 2. The Morgan fingerprint density at radius 2 is 1.80 bits per heavy atom. The quantitative estimate of drug-likeness (QED) is 0.457. The van der Waals surface area contributed by atoms with Crippen molar-refractivity contribution in [3.05, 3.63) is 83.8 Å². The standard InChI is InChI=1S/C25H23FN4/c1-17-6-10-24(28-27-17)19-7-11-25-20(14-19)16-29(2)12-13-30(25)21-8-9-22-18(15-21)4-3-5-23(22)26/h3-11,14-15H,12-13,16H2,1-2H3. The third kappa shape index (κ3) is 3.42. The van der Waals surface area contributed by atoms with Crippen LogP contribution in [-0.4, -0.2) is 35.2 Å². The van der Waals surface area contributed by atoms with Gasteiger partial charge >= 0.3 is 0 Å². The summed E-state index contributed by atoms with van der Waals surface area (Å²) in [5.41, 5.74) is 6.35. The normalized spacial score (nSPS) is 14.6. The van der Waals surface area contributed by atoms with E-state index in [9.17, 15) is 4.39 Å². The fraction of sp³-hybridized carbons (Fsp3) is 0.200. The minimum atomic E-state index is -0.182. The highest BCUT2D eigenvalue weighted by Crippen LogP contribution is 2.35. The zero-order chi connectivity index (χ0) is 20.7. The topological polar surface area (TPSA) is 32.3 Å². The molecule has 5 heteroatoms. The molecule has 0 bridgehead atoms. The number of halogens is 1. The van der Waals surface area contributed by atoms with E-state index in [-0.39, 0.29) is 5.82 Å². The molecule has 0 radical (unpaired) electrons. The number of hydrogen-bond donors (Lipinski definition) is 0. The Labute approximate surface area is 175 Å². The van der Waals surface area contributed by atoms with Gasteiger partial charge in [0.05, 0.1) is 11.4 Å². The summed E-state index contributed by atoms with van der Waals surface area (Å²) in [5, 5.41) is 10.1. The van der Waals surface area contributed by atoms with Crippen LogP contribution in [0, 0.1) is 12.7 Å². The van der Waals surface area contributed by atoms with Gasteiger partial charge in [0.15, 0.2) is 0 Å². The highest BCUT2D eigenvalue weighted by molar-refractivity contribution is 5.88. The minimum Gasteiger partial charge on any atom is -0.340 e. The second kappa shape index (κ2) is 7.50. The van der Waals surface area contributed by atoms with Crippen molar-refractivity contribution in [2.45, 2.75) is 13.5 Å². The van der Waals surface area contributed by atoms with Crippen molar-refractivity contribution in [1.82, 2.24) is 15.1 Å². The lowest BCUT2D eigenvalue weighted by molar-refractivity contribution is 0.343. The summed E-state index contributed by atoms with van der Waals surface area (Å²) in [7, 11) is 2.14. The van der Waals surface area contributed by atoms with Gasteiger partial charge in [0.2, 0.25) is 0 Å². The van der Waals surface area contributed by atoms with Gasteiger partial charge in [-0.15, -0.1) is 0 Å². The first-order valence-electron chi connectivity index (χ1n) is 10.2. The van der Waals surface area contributed by atoms with Gasteiger partial charge in [0, 0.05) is 42.0 Å². The highest BCUT2D eigenvalue weighted by atomic mass is 19.1. The molecular formula is C25H23FN4. The van der Waals surface area contributed by atoms with Crippen molar-refractivity contribution in [2.75, 3.05) is 25.0 Å². The molecule has 1 aromatic heterocycles. The van der Waals surface area contributed by atoms with Crippen LogP contribution in [0.2, 0.25) is 0 Å². The molecule has 1 aliphatic rings. The maximum absolute atomic E-state index is 14.1. The van der Waals surface area contributed by atoms with E-state index in [0.717, 1.165) is 47.7 Å². The number of nitrogens with zero attached hydrogens (tertiary/aromatic N) is 4. The summed E-state index contributed by atoms with van der Waals surface area (Å²) in [4.78, 5) is 4.65. The Bertz CT molecular complexity index is 1220. The van der Waals surface area contributed by atoms with E-state index in [4.69, 9.17) is 0 Å². The van der Waals surface area contributed by atoms with E-state index < -0.39 is 0 Å². The first-order chi connectivity index (χ1) is 14.6. The molecule has 30 heavy (non-hydrogen) atoms. The molecule has 4 aromatic rings. The molecule has 0 spiro atoms. The summed E-state index contributed by atoms with van der Waals surface area (Å²) < 4.78 is 14.1. The number of likely N-dealkylation sites (N-methyl/N-ethyl adjacent to an activating group) is 1. The molecular weight excluding hydrogens is 375 g/mol. The Morgan fingerprint density at radius 1 is 0.900 bits per heavy atom. The maximum atomic E-state index is 14.1. The van der Waals surface area contributed by atoms with Crippen molar-refractivity contribution >= 4 is 22.1 Å². The van der Waals surface area contributed by atoms with Crippen LogP contribution in [0.1, 0.15) is 11.3 Å². The van der Waals surface area contributed by atoms with Gasteiger partial charge in [-0.25, -0.2) is 4.39 Å². The van der Waals surface area contributed by atoms with Gasteiger partial charge < -0.3 is 9.80 Å². The van der Waals surface area contributed by atoms with Gasteiger partial charge in [-0.2, -0.15) is 10.2 Å². The van der Waals surface area contributed by atoms with Gasteiger partial charge in [-0.1, -0.05) is 18.2 Å². The molecule has 0 N–H and O–H groups in total. The molecule has 4 nitrogen and oxygen atoms in total. The summed E-state index contributed by atoms with van der Waals surface area (Å²) in [6.45, 7) is 4.61. The van der Waals surface area contributed by atoms with E-state index in [1.807, 2.05) is 37.3 Å². The van der Waals surface area contributed by atoms with Crippen LogP contribution in [-0.2, 0) is 6.54 Å². The molecule has 2 heterocycles. The van der Waals surface area contributed by atoms with Gasteiger partial charge in [0.1, 0.15) is 5.82 Å². The zero-order valence-corrected chi connectivity index (χ0v) is 17.1. The lowest BCUT2D eigenvalue weighted by Crippen LogP contribution is -2.26. The van der Waals surface area contributed by atoms with Gasteiger partial charge in [-0.3, -0.25) is 0 Å². The summed E-state index contributed by atoms with van der Waals surface area (Å²) in [6.07, 6.45) is 0. The summed E-state index contributed by atoms with van der Waals surface area (Å²) in [5.74, 6) is -0.182. The third-order valence-electron chi connectivity index (χ3n) is 5.73. The largest absolute Gasteiger partial charge is 0.340 e. The van der Waals surface area contributed by atoms with Crippen LogP contribution in [0.5, 0.6) is 0 Å². The van der Waals surface area contributed by atoms with Gasteiger partial charge in [0.25, 0.3) is 0 Å². The van der Waals surface area contributed by atoms with Crippen LogP contribution in [0.25, 0.3) is 22.0 Å². The van der Waals surface area contributed by atoms with Crippen molar-refractivity contribution in [2.24, 2.45) is 0 Å². The average Bonchev–Trinajstić information content (AvgIpc) is 2.92. The van der Waals surface area contributed by atoms with E-state index >= 15 is 0 Å². The minimum absolute atomic E-state index is 0.182. The highest BCUT2D eigenvalue weighted by Gasteiger charge is 2.20. The SMILES string of the molecule is Cc1ccc(-c2ccc3c(c2)CN(C)CCN3c2ccc3c(F)cccc3c2)nn1. The first kappa shape index (κ1) is 18.7. The smallest absolute Gasteiger partial charge is 0.131 e. The number of anilines is 2. The van der Waals surface area contributed by atoms with Crippen molar-refractivity contribution in [3.63, 3.8) is 0 Å². The van der Waals surface area contributed by atoms with Crippen molar-refractivity contribution < 1.29 is 4.39 Å². The van der Waals surface area contributed by atoms with Crippen LogP contribution >= 0.6 is 0 Å². The molecule has 0 saturated carbocycles. The third-order valence-corrected chi connectivity index (χ3v) is 5.73. The predicted molar refractivity (Wildman–Crippen MR) is 119 cm³/mol. The number of hydrogen-bond acceptors (Lipinski definition) is 4. The molecule has 5 rings (SSSR count). The summed E-state index contributed by atoms with van der Waals surface area (Å²) >= 11 is 0. The fourth-order valence-corrected chi connectivity index (χ4v) is 4.12. The molecule has 3 aromatic carbocycles. The molecule has 0 saturated heterocycles. The van der Waals surface area contributed by atoms with Crippen molar-refractivity contribution in [1.29, 1.82) is 0 Å². The summed E-state index contributed by atoms with van der Waals surface area (Å²) in [6, 6.07) is 21.7. The van der Waals surface area contributed by atoms with Crippen LogP contribution < -0.4 is 4.90 Å². The molecule has 0 fully saturated rings. The first-order valence-corrected chi connectivity index (χ1v) is 10.2. The van der Waals surface area contributed by atoms with E-state index in [1.54, 1.807) is 6.07 Å². The monoisotopic (exact) mass is 398 g/mol.